The van der Waals surface area contributed by atoms with Crippen molar-refractivity contribution in [3.63, 3.8) is 0 Å². The van der Waals surface area contributed by atoms with Gasteiger partial charge >= 0.3 is 6.03 Å². The van der Waals surface area contributed by atoms with Crippen LogP contribution in [0.25, 0.3) is 0 Å². The van der Waals surface area contributed by atoms with Crippen molar-refractivity contribution >= 4 is 23.5 Å². The molecule has 0 aromatic heterocycles. The fraction of sp³-hybridized carbons (Fsp3) is 0.238. The topological polar surface area (TPSA) is 93.5 Å². The zero-order valence-corrected chi connectivity index (χ0v) is 15.8. The maximum Gasteiger partial charge on any atom is 0.325 e. The molecule has 0 spiro atoms. The van der Waals surface area contributed by atoms with Gasteiger partial charge in [-0.15, -0.1) is 0 Å². The van der Waals surface area contributed by atoms with Gasteiger partial charge in [0.2, 0.25) is 5.91 Å². The van der Waals surface area contributed by atoms with Crippen LogP contribution in [0.1, 0.15) is 18.9 Å². The first-order valence-corrected chi connectivity index (χ1v) is 9.00. The van der Waals surface area contributed by atoms with Gasteiger partial charge in [0.15, 0.2) is 0 Å². The smallest absolute Gasteiger partial charge is 0.319 e. The number of nitrogens with one attached hydrogen (secondary N) is 1. The number of benzene rings is 2. The molecule has 1 aliphatic heterocycles. The summed E-state index contributed by atoms with van der Waals surface area (Å²) in [6.45, 7) is 1.00. The van der Waals surface area contributed by atoms with Crippen LogP contribution in [0, 0.1) is 17.1 Å². The largest absolute Gasteiger partial charge is 0.325 e. The van der Waals surface area contributed by atoms with Crippen LogP contribution in [0.2, 0.25) is 0 Å². The molecule has 7 nitrogen and oxygen atoms in total. The van der Waals surface area contributed by atoms with Crippen molar-refractivity contribution in [3.8, 4) is 6.07 Å². The molecule has 8 heteroatoms. The second-order valence-electron chi connectivity index (χ2n) is 6.72. The SMILES string of the molecule is CC1(c2ccccc2F)NC(=O)N(CC(=O)N(CCC#N)c2ccccc2)C1=O. The van der Waals surface area contributed by atoms with Crippen LogP contribution >= 0.6 is 0 Å². The van der Waals surface area contributed by atoms with E-state index in [0.717, 1.165) is 4.90 Å². The number of imide groups is 1. The Bertz CT molecular complexity index is 989. The summed E-state index contributed by atoms with van der Waals surface area (Å²) in [5.41, 5.74) is -1.03. The van der Waals surface area contributed by atoms with Crippen molar-refractivity contribution < 1.29 is 18.8 Å². The van der Waals surface area contributed by atoms with E-state index >= 15 is 0 Å². The molecule has 0 aliphatic carbocycles. The van der Waals surface area contributed by atoms with E-state index in [-0.39, 0.29) is 18.5 Å². The summed E-state index contributed by atoms with van der Waals surface area (Å²) < 4.78 is 14.2. The monoisotopic (exact) mass is 394 g/mol. The highest BCUT2D eigenvalue weighted by Gasteiger charge is 2.50. The Hall–Kier alpha value is -3.73. The number of urea groups is 1. The zero-order chi connectivity index (χ0) is 21.0. The number of halogens is 1. The number of nitriles is 1. The maximum absolute atomic E-state index is 14.2. The highest BCUT2D eigenvalue weighted by molar-refractivity contribution is 6.10. The molecule has 29 heavy (non-hydrogen) atoms. The quantitative estimate of drug-likeness (QED) is 0.762. The lowest BCUT2D eigenvalue weighted by Crippen LogP contribution is -2.45. The lowest BCUT2D eigenvalue weighted by molar-refractivity contribution is -0.134. The third-order valence-electron chi connectivity index (χ3n) is 4.80. The van der Waals surface area contributed by atoms with Crippen molar-refractivity contribution in [1.82, 2.24) is 10.2 Å². The first-order valence-electron chi connectivity index (χ1n) is 9.00. The molecule has 1 fully saturated rings. The lowest BCUT2D eigenvalue weighted by Gasteiger charge is -2.25. The number of rotatable bonds is 6. The second kappa shape index (κ2) is 8.10. The van der Waals surface area contributed by atoms with E-state index in [0.29, 0.717) is 5.69 Å². The Balaban J connectivity index is 1.84. The summed E-state index contributed by atoms with van der Waals surface area (Å²) in [7, 11) is 0. The number of anilines is 1. The third-order valence-corrected chi connectivity index (χ3v) is 4.80. The molecule has 1 atom stereocenters. The minimum atomic E-state index is -1.60. The van der Waals surface area contributed by atoms with E-state index < -0.39 is 35.7 Å². The number of carbonyl (C=O) groups is 3. The van der Waals surface area contributed by atoms with E-state index in [1.165, 1.54) is 30.0 Å². The fourth-order valence-corrected chi connectivity index (χ4v) is 3.28. The maximum atomic E-state index is 14.2. The molecule has 2 aromatic carbocycles. The van der Waals surface area contributed by atoms with Gasteiger partial charge < -0.3 is 10.2 Å². The summed E-state index contributed by atoms with van der Waals surface area (Å²) >= 11 is 0. The van der Waals surface area contributed by atoms with E-state index in [1.54, 1.807) is 36.4 Å². The van der Waals surface area contributed by atoms with Gasteiger partial charge in [0, 0.05) is 17.8 Å². The first kappa shape index (κ1) is 20.0. The van der Waals surface area contributed by atoms with Gasteiger partial charge in [-0.2, -0.15) is 5.26 Å². The number of para-hydroxylation sites is 1. The molecule has 1 N–H and O–H groups in total. The summed E-state index contributed by atoms with van der Waals surface area (Å²) in [4.78, 5) is 40.4. The minimum Gasteiger partial charge on any atom is -0.319 e. The average molecular weight is 394 g/mol. The molecule has 3 rings (SSSR count). The van der Waals surface area contributed by atoms with Gasteiger partial charge in [-0.3, -0.25) is 14.5 Å². The normalized spacial score (nSPS) is 18.3. The Morgan fingerprint density at radius 2 is 1.83 bits per heavy atom. The highest BCUT2D eigenvalue weighted by atomic mass is 19.1. The number of amides is 4. The molecule has 4 amide bonds. The van der Waals surface area contributed by atoms with Gasteiger partial charge in [-0.1, -0.05) is 36.4 Å². The molecule has 1 unspecified atom stereocenters. The van der Waals surface area contributed by atoms with Gasteiger partial charge in [0.05, 0.1) is 12.5 Å². The van der Waals surface area contributed by atoms with Crippen molar-refractivity contribution in [2.45, 2.75) is 18.9 Å². The Kier molecular flexibility index (Phi) is 5.59. The summed E-state index contributed by atoms with van der Waals surface area (Å²) in [6, 6.07) is 15.5. The highest BCUT2D eigenvalue weighted by Crippen LogP contribution is 2.30. The number of nitrogens with zero attached hydrogens (tertiary/aromatic N) is 3. The average Bonchev–Trinajstić information content (AvgIpc) is 2.93. The fourth-order valence-electron chi connectivity index (χ4n) is 3.28. The predicted molar refractivity (Wildman–Crippen MR) is 103 cm³/mol. The molecule has 1 heterocycles. The van der Waals surface area contributed by atoms with Gasteiger partial charge in [0.1, 0.15) is 17.9 Å². The lowest BCUT2D eigenvalue weighted by atomic mass is 9.91. The van der Waals surface area contributed by atoms with E-state index in [1.807, 2.05) is 6.07 Å². The number of carbonyl (C=O) groups excluding carboxylic acids is 3. The van der Waals surface area contributed by atoms with Crippen molar-refractivity contribution in [2.75, 3.05) is 18.0 Å². The van der Waals surface area contributed by atoms with Crippen molar-refractivity contribution in [3.05, 3.63) is 66.0 Å². The molecule has 148 valence electrons. The minimum absolute atomic E-state index is 0.0256. The van der Waals surface area contributed by atoms with E-state index in [9.17, 15) is 18.8 Å². The van der Waals surface area contributed by atoms with E-state index in [2.05, 4.69) is 5.32 Å². The third kappa shape index (κ3) is 3.80. The second-order valence-corrected chi connectivity index (χ2v) is 6.72. The standard InChI is InChI=1S/C21H19FN4O3/c1-21(16-10-5-6-11-17(16)22)19(28)26(20(29)24-21)14-18(27)25(13-7-12-23)15-8-3-2-4-9-15/h2-6,8-11H,7,13-14H2,1H3,(H,24,29). The van der Waals surface area contributed by atoms with Crippen LogP contribution in [0.4, 0.5) is 14.9 Å². The van der Waals surface area contributed by atoms with Gasteiger partial charge in [-0.25, -0.2) is 9.18 Å². The Morgan fingerprint density at radius 3 is 2.48 bits per heavy atom. The first-order chi connectivity index (χ1) is 13.9. The number of hydrogen-bond acceptors (Lipinski definition) is 4. The van der Waals surface area contributed by atoms with Crippen molar-refractivity contribution in [2.24, 2.45) is 0 Å². The molecule has 1 saturated heterocycles. The molecule has 0 radical (unpaired) electrons. The summed E-state index contributed by atoms with van der Waals surface area (Å²) in [5.74, 6) is -1.86. The van der Waals surface area contributed by atoms with Crippen LogP contribution in [-0.4, -0.2) is 35.8 Å². The zero-order valence-electron chi connectivity index (χ0n) is 15.8. The van der Waals surface area contributed by atoms with E-state index in [4.69, 9.17) is 5.26 Å². The van der Waals surface area contributed by atoms with Crippen LogP contribution in [0.3, 0.4) is 0 Å². The molecule has 0 bridgehead atoms. The van der Waals surface area contributed by atoms with Gasteiger partial charge in [0.25, 0.3) is 5.91 Å². The molecule has 1 aliphatic rings. The Morgan fingerprint density at radius 1 is 1.17 bits per heavy atom. The summed E-state index contributed by atoms with van der Waals surface area (Å²) in [5, 5.41) is 11.4. The van der Waals surface area contributed by atoms with Crippen LogP contribution in [0.5, 0.6) is 0 Å². The molecule has 2 aromatic rings. The van der Waals surface area contributed by atoms with Crippen LogP contribution in [0.15, 0.2) is 54.6 Å². The van der Waals surface area contributed by atoms with Crippen LogP contribution in [-0.2, 0) is 15.1 Å². The number of hydrogen-bond donors (Lipinski definition) is 1. The predicted octanol–water partition coefficient (Wildman–Crippen LogP) is 2.54. The molecular formula is C21H19FN4O3. The molecule has 0 saturated carbocycles. The molecular weight excluding hydrogens is 375 g/mol. The van der Waals surface area contributed by atoms with Gasteiger partial charge in [-0.05, 0) is 25.1 Å². The summed E-state index contributed by atoms with van der Waals surface area (Å²) in [6.07, 6.45) is 0.0910. The van der Waals surface area contributed by atoms with Crippen LogP contribution < -0.4 is 10.2 Å². The Labute approximate surface area is 167 Å². The van der Waals surface area contributed by atoms with Crippen molar-refractivity contribution in [1.29, 1.82) is 5.26 Å².